The summed E-state index contributed by atoms with van der Waals surface area (Å²) in [6, 6.07) is 8.46. The van der Waals surface area contributed by atoms with Gasteiger partial charge in [0, 0.05) is 6.61 Å². The summed E-state index contributed by atoms with van der Waals surface area (Å²) >= 11 is 0. The molecular weight excluding hydrogens is 236 g/mol. The van der Waals surface area contributed by atoms with Crippen molar-refractivity contribution in [3.63, 3.8) is 0 Å². The van der Waals surface area contributed by atoms with Crippen LogP contribution in [-0.4, -0.2) is 19.8 Å². The number of rotatable bonds is 8. The van der Waals surface area contributed by atoms with Crippen molar-refractivity contribution in [1.82, 2.24) is 0 Å². The molecule has 0 saturated carbocycles. The average Bonchev–Trinajstić information content (AvgIpc) is 2.48. The Morgan fingerprint density at radius 2 is 1.47 bits per heavy atom. The average molecular weight is 266 g/mol. The van der Waals surface area contributed by atoms with Gasteiger partial charge in [0.25, 0.3) is 0 Å². The van der Waals surface area contributed by atoms with Crippen molar-refractivity contribution in [2.45, 2.75) is 53.4 Å². The van der Waals surface area contributed by atoms with Crippen LogP contribution in [0.25, 0.3) is 0 Å². The number of ether oxygens (including phenoxy) is 2. The van der Waals surface area contributed by atoms with Gasteiger partial charge >= 0.3 is 0 Å². The molecule has 1 aromatic rings. The standard InChI is InChI=1S/C15H24O2.C2H6/c1-4-13(5-2)14-7-9-15(10-8-14)17-12-11-16-6-3;1-2/h7-10,13H,4-6,11-12H2,1-3H3;1-2H3. The molecule has 0 aromatic heterocycles. The lowest BCUT2D eigenvalue weighted by molar-refractivity contribution is 0.110. The Kier molecular flexibility index (Phi) is 11.4. The van der Waals surface area contributed by atoms with E-state index in [9.17, 15) is 0 Å². The van der Waals surface area contributed by atoms with E-state index in [2.05, 4.69) is 38.1 Å². The van der Waals surface area contributed by atoms with Gasteiger partial charge in [-0.05, 0) is 43.4 Å². The van der Waals surface area contributed by atoms with Crippen LogP contribution in [0.3, 0.4) is 0 Å². The topological polar surface area (TPSA) is 18.5 Å². The van der Waals surface area contributed by atoms with E-state index >= 15 is 0 Å². The van der Waals surface area contributed by atoms with Gasteiger partial charge in [0.05, 0.1) is 6.61 Å². The molecule has 0 spiro atoms. The minimum absolute atomic E-state index is 0.623. The summed E-state index contributed by atoms with van der Waals surface area (Å²) in [6.07, 6.45) is 2.39. The zero-order valence-corrected chi connectivity index (χ0v) is 13.2. The normalized spacial score (nSPS) is 10.0. The zero-order chi connectivity index (χ0) is 14.5. The lowest BCUT2D eigenvalue weighted by atomic mass is 9.94. The third kappa shape index (κ3) is 7.22. The van der Waals surface area contributed by atoms with Crippen molar-refractivity contribution in [3.8, 4) is 5.75 Å². The van der Waals surface area contributed by atoms with Gasteiger partial charge in [-0.25, -0.2) is 0 Å². The molecule has 110 valence electrons. The fourth-order valence-corrected chi connectivity index (χ4v) is 1.96. The van der Waals surface area contributed by atoms with Gasteiger partial charge in [-0.3, -0.25) is 0 Å². The first-order chi connectivity index (χ1) is 9.31. The van der Waals surface area contributed by atoms with Crippen molar-refractivity contribution in [3.05, 3.63) is 29.8 Å². The lowest BCUT2D eigenvalue weighted by Gasteiger charge is -2.13. The highest BCUT2D eigenvalue weighted by atomic mass is 16.5. The van der Waals surface area contributed by atoms with Crippen LogP contribution < -0.4 is 4.74 Å². The van der Waals surface area contributed by atoms with Gasteiger partial charge in [0.2, 0.25) is 0 Å². The third-order valence-corrected chi connectivity index (χ3v) is 3.04. The van der Waals surface area contributed by atoms with Crippen molar-refractivity contribution in [2.75, 3.05) is 19.8 Å². The van der Waals surface area contributed by atoms with E-state index < -0.39 is 0 Å². The fourth-order valence-electron chi connectivity index (χ4n) is 1.96. The van der Waals surface area contributed by atoms with Crippen molar-refractivity contribution < 1.29 is 9.47 Å². The monoisotopic (exact) mass is 266 g/mol. The Labute approximate surface area is 119 Å². The van der Waals surface area contributed by atoms with Gasteiger partial charge in [0.1, 0.15) is 12.4 Å². The first-order valence-corrected chi connectivity index (χ1v) is 7.62. The van der Waals surface area contributed by atoms with E-state index in [-0.39, 0.29) is 0 Å². The SMILES string of the molecule is CC.CCOCCOc1ccc(C(CC)CC)cc1. The molecule has 0 aliphatic carbocycles. The Morgan fingerprint density at radius 1 is 0.895 bits per heavy atom. The largest absolute Gasteiger partial charge is 0.491 e. The van der Waals surface area contributed by atoms with Crippen LogP contribution in [-0.2, 0) is 4.74 Å². The molecule has 0 atom stereocenters. The molecule has 2 nitrogen and oxygen atoms in total. The van der Waals surface area contributed by atoms with Crippen LogP contribution in [0.4, 0.5) is 0 Å². The summed E-state index contributed by atoms with van der Waals surface area (Å²) in [5, 5.41) is 0. The van der Waals surface area contributed by atoms with E-state index in [1.54, 1.807) is 0 Å². The molecule has 1 rings (SSSR count). The maximum Gasteiger partial charge on any atom is 0.119 e. The Hall–Kier alpha value is -1.02. The molecule has 0 fully saturated rings. The fraction of sp³-hybridized carbons (Fsp3) is 0.647. The second-order valence-corrected chi connectivity index (χ2v) is 4.13. The Balaban J connectivity index is 0.00000154. The maximum atomic E-state index is 5.59. The predicted octanol–water partition coefficient (Wildman–Crippen LogP) is 5.03. The Morgan fingerprint density at radius 3 is 1.95 bits per heavy atom. The van der Waals surface area contributed by atoms with Crippen LogP contribution in [0.5, 0.6) is 5.75 Å². The first kappa shape index (κ1) is 18.0. The van der Waals surface area contributed by atoms with Gasteiger partial charge in [-0.1, -0.05) is 39.8 Å². The summed E-state index contributed by atoms with van der Waals surface area (Å²) in [6.45, 7) is 12.5. The molecule has 0 saturated heterocycles. The summed E-state index contributed by atoms with van der Waals surface area (Å²) in [5.74, 6) is 1.60. The van der Waals surface area contributed by atoms with E-state index in [0.717, 1.165) is 12.4 Å². The molecule has 0 bridgehead atoms. The van der Waals surface area contributed by atoms with E-state index in [1.165, 1.54) is 18.4 Å². The van der Waals surface area contributed by atoms with Crippen LogP contribution in [0.2, 0.25) is 0 Å². The van der Waals surface area contributed by atoms with Crippen LogP contribution >= 0.6 is 0 Å². The van der Waals surface area contributed by atoms with Gasteiger partial charge in [0.15, 0.2) is 0 Å². The lowest BCUT2D eigenvalue weighted by Crippen LogP contribution is -2.06. The third-order valence-electron chi connectivity index (χ3n) is 3.04. The highest BCUT2D eigenvalue weighted by molar-refractivity contribution is 5.29. The second kappa shape index (κ2) is 12.0. The van der Waals surface area contributed by atoms with Crippen LogP contribution in [0.15, 0.2) is 24.3 Å². The molecule has 0 heterocycles. The Bertz CT molecular complexity index is 289. The van der Waals surface area contributed by atoms with Gasteiger partial charge in [-0.15, -0.1) is 0 Å². The minimum atomic E-state index is 0.623. The number of hydrogen-bond donors (Lipinski definition) is 0. The van der Waals surface area contributed by atoms with Gasteiger partial charge < -0.3 is 9.47 Å². The molecule has 0 aliphatic heterocycles. The predicted molar refractivity (Wildman–Crippen MR) is 83.1 cm³/mol. The molecule has 0 amide bonds. The van der Waals surface area contributed by atoms with E-state index in [1.807, 2.05) is 20.8 Å². The second-order valence-electron chi connectivity index (χ2n) is 4.13. The molecule has 0 radical (unpaired) electrons. The van der Waals surface area contributed by atoms with Crippen molar-refractivity contribution in [2.24, 2.45) is 0 Å². The molecule has 0 aliphatic rings. The van der Waals surface area contributed by atoms with Crippen molar-refractivity contribution >= 4 is 0 Å². The maximum absolute atomic E-state index is 5.59. The van der Waals surface area contributed by atoms with Gasteiger partial charge in [-0.2, -0.15) is 0 Å². The molecule has 0 unspecified atom stereocenters. The van der Waals surface area contributed by atoms with Crippen LogP contribution in [0.1, 0.15) is 58.9 Å². The zero-order valence-electron chi connectivity index (χ0n) is 13.2. The highest BCUT2D eigenvalue weighted by Gasteiger charge is 2.06. The molecule has 19 heavy (non-hydrogen) atoms. The minimum Gasteiger partial charge on any atom is -0.491 e. The summed E-state index contributed by atoms with van der Waals surface area (Å²) < 4.78 is 10.8. The summed E-state index contributed by atoms with van der Waals surface area (Å²) in [5.41, 5.74) is 1.41. The van der Waals surface area contributed by atoms with Crippen molar-refractivity contribution in [1.29, 1.82) is 0 Å². The summed E-state index contributed by atoms with van der Waals surface area (Å²) in [7, 11) is 0. The summed E-state index contributed by atoms with van der Waals surface area (Å²) in [4.78, 5) is 0. The molecule has 0 N–H and O–H groups in total. The molecule has 2 heteroatoms. The molecular formula is C17H30O2. The smallest absolute Gasteiger partial charge is 0.119 e. The van der Waals surface area contributed by atoms with E-state index in [4.69, 9.17) is 9.47 Å². The molecule has 1 aromatic carbocycles. The quantitative estimate of drug-likeness (QED) is 0.614. The number of hydrogen-bond acceptors (Lipinski definition) is 2. The van der Waals surface area contributed by atoms with Crippen LogP contribution in [0, 0.1) is 0 Å². The first-order valence-electron chi connectivity index (χ1n) is 7.62. The van der Waals surface area contributed by atoms with E-state index in [0.29, 0.717) is 19.1 Å². The number of benzene rings is 1. The highest BCUT2D eigenvalue weighted by Crippen LogP contribution is 2.24.